The molecule has 0 spiro atoms. The van der Waals surface area contributed by atoms with E-state index in [-0.39, 0.29) is 18.2 Å². The van der Waals surface area contributed by atoms with Crippen LogP contribution in [0.5, 0.6) is 0 Å². The average molecular weight is 357 g/mol. The Morgan fingerprint density at radius 3 is 2.77 bits per heavy atom. The highest BCUT2D eigenvalue weighted by Gasteiger charge is 2.37. The predicted octanol–water partition coefficient (Wildman–Crippen LogP) is 2.86. The van der Waals surface area contributed by atoms with Crippen LogP contribution >= 0.6 is 0 Å². The van der Waals surface area contributed by atoms with Gasteiger partial charge in [-0.2, -0.15) is 5.26 Å². The van der Waals surface area contributed by atoms with E-state index >= 15 is 0 Å². The van der Waals surface area contributed by atoms with Gasteiger partial charge in [-0.25, -0.2) is 4.79 Å². The molecule has 1 aromatic carbocycles. The summed E-state index contributed by atoms with van der Waals surface area (Å²) in [7, 11) is 0. The first-order chi connectivity index (χ1) is 12.3. The van der Waals surface area contributed by atoms with E-state index in [4.69, 9.17) is 9.47 Å². The fraction of sp³-hybridized carbons (Fsp3) is 0.600. The molecule has 2 saturated heterocycles. The van der Waals surface area contributed by atoms with Gasteiger partial charge in [0, 0.05) is 26.2 Å². The van der Waals surface area contributed by atoms with Gasteiger partial charge in [-0.3, -0.25) is 4.90 Å². The predicted molar refractivity (Wildman–Crippen MR) is 97.8 cm³/mol. The first-order valence-electron chi connectivity index (χ1n) is 9.11. The number of hydrogen-bond donors (Lipinski definition) is 0. The molecule has 26 heavy (non-hydrogen) atoms. The van der Waals surface area contributed by atoms with Crippen molar-refractivity contribution in [3.05, 3.63) is 34.9 Å². The number of rotatable bonds is 1. The Bertz CT molecular complexity index is 720. The number of piperazine rings is 1. The largest absolute Gasteiger partial charge is 0.444 e. The van der Waals surface area contributed by atoms with Crippen LogP contribution < -0.4 is 0 Å². The molecule has 1 amide bonds. The van der Waals surface area contributed by atoms with Crippen LogP contribution in [-0.4, -0.2) is 60.3 Å². The van der Waals surface area contributed by atoms with Crippen LogP contribution in [0, 0.1) is 18.3 Å². The van der Waals surface area contributed by atoms with Gasteiger partial charge in [-0.1, -0.05) is 12.1 Å². The van der Waals surface area contributed by atoms with Gasteiger partial charge in [0.15, 0.2) is 0 Å². The Morgan fingerprint density at radius 1 is 1.31 bits per heavy atom. The zero-order valence-electron chi connectivity index (χ0n) is 16.0. The zero-order valence-corrected chi connectivity index (χ0v) is 16.0. The maximum absolute atomic E-state index is 12.3. The molecular weight excluding hydrogens is 330 g/mol. The van der Waals surface area contributed by atoms with Crippen LogP contribution in [-0.2, 0) is 9.47 Å². The number of amides is 1. The molecule has 0 radical (unpaired) electrons. The van der Waals surface area contributed by atoms with Crippen molar-refractivity contribution in [2.24, 2.45) is 0 Å². The van der Waals surface area contributed by atoms with Crippen molar-refractivity contribution in [2.45, 2.75) is 45.4 Å². The molecule has 1 aromatic rings. The summed E-state index contributed by atoms with van der Waals surface area (Å²) in [6.45, 7) is 11.1. The molecule has 0 N–H and O–H groups in total. The third-order valence-electron chi connectivity index (χ3n) is 4.99. The smallest absolute Gasteiger partial charge is 0.410 e. The normalized spacial score (nSPS) is 23.9. The van der Waals surface area contributed by atoms with Crippen LogP contribution in [0.1, 0.15) is 43.6 Å². The summed E-state index contributed by atoms with van der Waals surface area (Å²) in [6, 6.07) is 8.22. The first kappa shape index (κ1) is 18.7. The van der Waals surface area contributed by atoms with Gasteiger partial charge in [-0.15, -0.1) is 0 Å². The van der Waals surface area contributed by atoms with E-state index < -0.39 is 5.60 Å². The lowest BCUT2D eigenvalue weighted by molar-refractivity contribution is -0.0908. The van der Waals surface area contributed by atoms with Crippen molar-refractivity contribution < 1.29 is 14.3 Å². The van der Waals surface area contributed by atoms with Crippen LogP contribution in [0.4, 0.5) is 4.79 Å². The highest BCUT2D eigenvalue weighted by atomic mass is 16.6. The lowest BCUT2D eigenvalue weighted by Crippen LogP contribution is -2.60. The number of hydrogen-bond acceptors (Lipinski definition) is 5. The lowest BCUT2D eigenvalue weighted by atomic mass is 9.96. The van der Waals surface area contributed by atoms with E-state index in [1.165, 1.54) is 0 Å². The monoisotopic (exact) mass is 357 g/mol. The molecule has 140 valence electrons. The van der Waals surface area contributed by atoms with E-state index in [1.807, 2.05) is 45.9 Å². The second-order valence-corrected chi connectivity index (χ2v) is 8.03. The number of nitriles is 1. The number of benzene rings is 1. The minimum Gasteiger partial charge on any atom is -0.444 e. The number of fused-ring (bicyclic) bond motifs is 1. The Kier molecular flexibility index (Phi) is 5.22. The molecule has 0 aromatic heterocycles. The maximum atomic E-state index is 12.3. The lowest BCUT2D eigenvalue weighted by Gasteiger charge is -2.46. The van der Waals surface area contributed by atoms with E-state index in [2.05, 4.69) is 11.0 Å². The fourth-order valence-electron chi connectivity index (χ4n) is 3.59. The quantitative estimate of drug-likeness (QED) is 0.773. The molecule has 2 aliphatic rings. The Morgan fingerprint density at radius 2 is 2.08 bits per heavy atom. The average Bonchev–Trinajstić information content (AvgIpc) is 2.59. The van der Waals surface area contributed by atoms with Crippen LogP contribution in [0.2, 0.25) is 0 Å². The molecule has 2 heterocycles. The minimum atomic E-state index is -0.480. The summed E-state index contributed by atoms with van der Waals surface area (Å²) in [5.41, 5.74) is 2.29. The van der Waals surface area contributed by atoms with Gasteiger partial charge >= 0.3 is 6.09 Å². The molecule has 1 unspecified atom stereocenters. The Hall–Kier alpha value is -2.10. The summed E-state index contributed by atoms with van der Waals surface area (Å²) in [6.07, 6.45) is -0.288. The molecule has 0 aliphatic carbocycles. The second-order valence-electron chi connectivity index (χ2n) is 8.03. The van der Waals surface area contributed by atoms with Crippen molar-refractivity contribution in [2.75, 3.05) is 32.8 Å². The Labute approximate surface area is 155 Å². The molecule has 6 heteroatoms. The van der Waals surface area contributed by atoms with Crippen molar-refractivity contribution in [3.8, 4) is 6.07 Å². The van der Waals surface area contributed by atoms with Crippen LogP contribution in [0.3, 0.4) is 0 Å². The summed E-state index contributed by atoms with van der Waals surface area (Å²) < 4.78 is 11.6. The van der Waals surface area contributed by atoms with E-state index in [0.717, 1.165) is 24.2 Å². The summed E-state index contributed by atoms with van der Waals surface area (Å²) in [4.78, 5) is 16.5. The summed E-state index contributed by atoms with van der Waals surface area (Å²) in [5, 5.41) is 9.24. The molecule has 2 fully saturated rings. The van der Waals surface area contributed by atoms with E-state index in [0.29, 0.717) is 25.3 Å². The number of carbonyl (C=O) groups excluding carboxylic acids is 1. The van der Waals surface area contributed by atoms with E-state index in [1.54, 1.807) is 4.90 Å². The molecule has 0 saturated carbocycles. The van der Waals surface area contributed by atoms with Crippen LogP contribution in [0.25, 0.3) is 0 Å². The molecule has 2 atom stereocenters. The van der Waals surface area contributed by atoms with Crippen LogP contribution in [0.15, 0.2) is 18.2 Å². The maximum Gasteiger partial charge on any atom is 0.410 e. The summed E-state index contributed by atoms with van der Waals surface area (Å²) >= 11 is 0. The molecular formula is C20H27N3O3. The molecule has 3 rings (SSSR count). The molecule has 0 bridgehead atoms. The minimum absolute atomic E-state index is 0.0346. The third kappa shape index (κ3) is 4.00. The number of ether oxygens (including phenoxy) is 2. The number of nitrogens with zero attached hydrogens (tertiary/aromatic N) is 3. The van der Waals surface area contributed by atoms with Gasteiger partial charge in [0.05, 0.1) is 30.4 Å². The molecule has 6 nitrogen and oxygen atoms in total. The second kappa shape index (κ2) is 7.26. The van der Waals surface area contributed by atoms with Crippen molar-refractivity contribution in [3.63, 3.8) is 0 Å². The molecule has 2 aliphatic heterocycles. The summed E-state index contributed by atoms with van der Waals surface area (Å²) in [5.74, 6) is 0. The van der Waals surface area contributed by atoms with Crippen molar-refractivity contribution in [1.29, 1.82) is 5.26 Å². The van der Waals surface area contributed by atoms with E-state index in [9.17, 15) is 10.1 Å². The highest BCUT2D eigenvalue weighted by molar-refractivity contribution is 5.68. The SMILES string of the molecule is Cc1c(C#N)cccc1[C@@H]1CN2CCN(C(=O)OC(C)(C)C)CC2CO1. The van der Waals surface area contributed by atoms with Crippen molar-refractivity contribution >= 4 is 6.09 Å². The number of carbonyl (C=O) groups is 1. The van der Waals surface area contributed by atoms with Gasteiger partial charge in [0.1, 0.15) is 5.60 Å². The van der Waals surface area contributed by atoms with Gasteiger partial charge in [0.25, 0.3) is 0 Å². The first-order valence-corrected chi connectivity index (χ1v) is 9.11. The highest BCUT2D eigenvalue weighted by Crippen LogP contribution is 2.30. The number of morpholine rings is 1. The Balaban J connectivity index is 1.64. The van der Waals surface area contributed by atoms with Gasteiger partial charge in [0.2, 0.25) is 0 Å². The fourth-order valence-corrected chi connectivity index (χ4v) is 3.59. The third-order valence-corrected chi connectivity index (χ3v) is 4.99. The topological polar surface area (TPSA) is 65.8 Å². The van der Waals surface area contributed by atoms with Gasteiger partial charge < -0.3 is 14.4 Å². The van der Waals surface area contributed by atoms with Crippen molar-refractivity contribution in [1.82, 2.24) is 9.80 Å². The zero-order chi connectivity index (χ0) is 18.9. The van der Waals surface area contributed by atoms with Gasteiger partial charge in [-0.05, 0) is 44.9 Å². The standard InChI is InChI=1S/C20H27N3O3/c1-14-15(10-21)6-5-7-17(14)18-12-22-8-9-23(11-16(22)13-25-18)19(24)26-20(2,3)4/h5-7,16,18H,8-9,11-13H2,1-4H3/t16?,18-/m0/s1.